The summed E-state index contributed by atoms with van der Waals surface area (Å²) in [6.45, 7) is 1.68. The van der Waals surface area contributed by atoms with Crippen LogP contribution in [0.1, 0.15) is 11.1 Å². The van der Waals surface area contributed by atoms with Crippen LogP contribution in [0.25, 0.3) is 104 Å². The second-order valence-corrected chi connectivity index (χ2v) is 16.3. The summed E-state index contributed by atoms with van der Waals surface area (Å²) < 4.78 is 48.3. The van der Waals surface area contributed by atoms with Crippen molar-refractivity contribution < 1.29 is 13.2 Å². The van der Waals surface area contributed by atoms with E-state index in [4.69, 9.17) is 15.0 Å². The summed E-state index contributed by atoms with van der Waals surface area (Å²) in [5.74, 6) is 1.51. The molecule has 0 radical (unpaired) electrons. The van der Waals surface area contributed by atoms with Gasteiger partial charge in [-0.05, 0) is 71.6 Å². The first kappa shape index (κ1) is 36.6. The zero-order valence-electron chi connectivity index (χ0n) is 32.7. The van der Waals surface area contributed by atoms with Crippen LogP contribution in [0.4, 0.5) is 13.2 Å². The summed E-state index contributed by atoms with van der Waals surface area (Å²) in [5, 5.41) is 4.33. The van der Waals surface area contributed by atoms with Crippen molar-refractivity contribution >= 4 is 53.3 Å². The summed E-state index contributed by atoms with van der Waals surface area (Å²) in [6.07, 6.45) is -4.53. The van der Waals surface area contributed by atoms with Gasteiger partial charge in [-0.3, -0.25) is 0 Å². The third kappa shape index (κ3) is 6.44. The van der Waals surface area contributed by atoms with E-state index in [-0.39, 0.29) is 5.56 Å². The number of para-hydroxylation sites is 1. The minimum absolute atomic E-state index is 0.126. The second-order valence-electron chi connectivity index (χ2n) is 15.2. The summed E-state index contributed by atoms with van der Waals surface area (Å²) in [7, 11) is 0. The molecule has 11 aromatic rings. The van der Waals surface area contributed by atoms with E-state index < -0.39 is 11.7 Å². The molecular formula is C53H33F3N4S. The van der Waals surface area contributed by atoms with Gasteiger partial charge in [0.1, 0.15) is 0 Å². The number of alkyl halides is 3. The molecule has 0 bridgehead atoms. The molecule has 0 fully saturated rings. The van der Waals surface area contributed by atoms with E-state index in [0.717, 1.165) is 55.3 Å². The van der Waals surface area contributed by atoms with Gasteiger partial charge in [-0.1, -0.05) is 145 Å². The Morgan fingerprint density at radius 2 is 1.00 bits per heavy atom. The summed E-state index contributed by atoms with van der Waals surface area (Å²) in [5.41, 5.74) is 7.35. The number of nitrogens with zero attached hydrogens (tertiary/aromatic N) is 4. The van der Waals surface area contributed by atoms with Gasteiger partial charge < -0.3 is 4.57 Å². The first-order valence-corrected chi connectivity index (χ1v) is 20.7. The number of hydrogen-bond acceptors (Lipinski definition) is 4. The number of hydrogen-bond donors (Lipinski definition) is 0. The van der Waals surface area contributed by atoms with Gasteiger partial charge in [-0.15, -0.1) is 11.3 Å². The average molecular weight is 815 g/mol. The van der Waals surface area contributed by atoms with Crippen LogP contribution in [0.2, 0.25) is 0 Å². The van der Waals surface area contributed by atoms with Crippen LogP contribution in [0, 0.1) is 6.92 Å². The normalized spacial score (nSPS) is 11.9. The van der Waals surface area contributed by atoms with Crippen LogP contribution in [-0.2, 0) is 6.18 Å². The standard InChI is InChI=1S/C53H33F3N4S/c1-32-20-24-38(44(28-32)53(54,55)56)37-22-25-40-39-16-8-10-18-45(39)60(47(40)30-37)46-27-23-35(36-21-26-42-41-17-9-11-19-48(41)61-49(42)31-36)29-43(46)52-58-50(33-12-4-2-5-13-33)57-51(59-52)34-14-6-3-7-15-34/h2-31H,1H3. The maximum Gasteiger partial charge on any atom is 0.417 e. The van der Waals surface area contributed by atoms with Crippen LogP contribution in [0.5, 0.6) is 0 Å². The predicted molar refractivity (Wildman–Crippen MR) is 244 cm³/mol. The number of aryl methyl sites for hydroxylation is 1. The van der Waals surface area contributed by atoms with Gasteiger partial charge in [0.25, 0.3) is 0 Å². The summed E-state index contributed by atoms with van der Waals surface area (Å²) in [6, 6.07) is 59.3. The molecule has 0 unspecified atom stereocenters. The van der Waals surface area contributed by atoms with Gasteiger partial charge in [0.15, 0.2) is 17.5 Å². The fourth-order valence-electron chi connectivity index (χ4n) is 8.47. The number of aromatic nitrogens is 4. The molecular weight excluding hydrogens is 782 g/mol. The zero-order valence-corrected chi connectivity index (χ0v) is 33.5. The van der Waals surface area contributed by atoms with Gasteiger partial charge in [-0.2, -0.15) is 13.2 Å². The highest BCUT2D eigenvalue weighted by Gasteiger charge is 2.34. The summed E-state index contributed by atoms with van der Waals surface area (Å²) >= 11 is 1.77. The van der Waals surface area contributed by atoms with E-state index in [2.05, 4.69) is 71.3 Å². The molecule has 61 heavy (non-hydrogen) atoms. The topological polar surface area (TPSA) is 43.6 Å². The van der Waals surface area contributed by atoms with Gasteiger partial charge >= 0.3 is 6.18 Å². The smallest absolute Gasteiger partial charge is 0.308 e. The number of thiophene rings is 1. The van der Waals surface area contributed by atoms with Crippen LogP contribution in [0.3, 0.4) is 0 Å². The van der Waals surface area contributed by atoms with Crippen molar-refractivity contribution in [3.63, 3.8) is 0 Å². The minimum Gasteiger partial charge on any atom is -0.308 e. The number of benzene rings is 8. The molecule has 3 heterocycles. The highest BCUT2D eigenvalue weighted by molar-refractivity contribution is 7.25. The monoisotopic (exact) mass is 814 g/mol. The van der Waals surface area contributed by atoms with Gasteiger partial charge in [0, 0.05) is 47.6 Å². The van der Waals surface area contributed by atoms with E-state index in [9.17, 15) is 13.2 Å². The molecule has 8 aromatic carbocycles. The first-order chi connectivity index (χ1) is 29.8. The average Bonchev–Trinajstić information content (AvgIpc) is 3.84. The van der Waals surface area contributed by atoms with Crippen LogP contribution < -0.4 is 0 Å². The molecule has 3 aromatic heterocycles. The number of fused-ring (bicyclic) bond motifs is 6. The van der Waals surface area contributed by atoms with Crippen LogP contribution >= 0.6 is 11.3 Å². The molecule has 4 nitrogen and oxygen atoms in total. The quantitative estimate of drug-likeness (QED) is 0.168. The van der Waals surface area contributed by atoms with E-state index in [1.807, 2.05) is 91.0 Å². The zero-order chi connectivity index (χ0) is 41.2. The Morgan fingerprint density at radius 3 is 1.74 bits per heavy atom. The first-order valence-electron chi connectivity index (χ1n) is 19.9. The van der Waals surface area contributed by atoms with E-state index in [1.54, 1.807) is 36.5 Å². The molecule has 0 saturated carbocycles. The highest BCUT2D eigenvalue weighted by Crippen LogP contribution is 2.43. The molecule has 0 aliphatic rings. The van der Waals surface area contributed by atoms with Gasteiger partial charge in [0.2, 0.25) is 0 Å². The van der Waals surface area contributed by atoms with Crippen molar-refractivity contribution in [2.75, 3.05) is 0 Å². The van der Waals surface area contributed by atoms with Crippen molar-refractivity contribution in [1.29, 1.82) is 0 Å². The van der Waals surface area contributed by atoms with E-state index in [0.29, 0.717) is 28.6 Å². The third-order valence-corrected chi connectivity index (χ3v) is 12.5. The Balaban J connectivity index is 1.20. The molecule has 8 heteroatoms. The molecule has 0 atom stereocenters. The van der Waals surface area contributed by atoms with Gasteiger partial charge in [-0.25, -0.2) is 15.0 Å². The summed E-state index contributed by atoms with van der Waals surface area (Å²) in [4.78, 5) is 15.4. The lowest BCUT2D eigenvalue weighted by molar-refractivity contribution is -0.137. The lowest BCUT2D eigenvalue weighted by Crippen LogP contribution is -2.07. The Labute approximate surface area is 352 Å². The number of halogens is 3. The second kappa shape index (κ2) is 14.4. The third-order valence-electron chi connectivity index (χ3n) is 11.4. The molecule has 0 N–H and O–H groups in total. The maximum atomic E-state index is 14.6. The van der Waals surface area contributed by atoms with Crippen molar-refractivity contribution in [2.24, 2.45) is 0 Å². The van der Waals surface area contributed by atoms with Crippen molar-refractivity contribution in [1.82, 2.24) is 19.5 Å². The maximum absolute atomic E-state index is 14.6. The largest absolute Gasteiger partial charge is 0.417 e. The molecule has 11 rings (SSSR count). The van der Waals surface area contributed by atoms with Crippen LogP contribution in [-0.4, -0.2) is 19.5 Å². The molecule has 0 saturated heterocycles. The number of rotatable bonds is 6. The Kier molecular flexibility index (Phi) is 8.65. The minimum atomic E-state index is -4.53. The lowest BCUT2D eigenvalue weighted by atomic mass is 9.96. The Morgan fingerprint density at radius 1 is 0.426 bits per heavy atom. The molecule has 292 valence electrons. The highest BCUT2D eigenvalue weighted by atomic mass is 32.1. The molecule has 0 aliphatic heterocycles. The SMILES string of the molecule is Cc1ccc(-c2ccc3c4ccccc4n(-c4ccc(-c5ccc6c(c5)sc5ccccc56)cc4-c4nc(-c5ccccc5)nc(-c5ccccc5)n4)c3c2)c(C(F)(F)F)c1. The molecule has 0 amide bonds. The Bertz CT molecular complexity index is 3420. The van der Waals surface area contributed by atoms with Crippen molar-refractivity contribution in [2.45, 2.75) is 13.1 Å². The van der Waals surface area contributed by atoms with Gasteiger partial charge in [0.05, 0.1) is 22.3 Å². The molecule has 0 aliphatic carbocycles. The van der Waals surface area contributed by atoms with E-state index >= 15 is 0 Å². The van der Waals surface area contributed by atoms with Crippen molar-refractivity contribution in [3.8, 4) is 62.1 Å². The van der Waals surface area contributed by atoms with Crippen LogP contribution in [0.15, 0.2) is 182 Å². The lowest BCUT2D eigenvalue weighted by Gasteiger charge is -2.17. The van der Waals surface area contributed by atoms with E-state index in [1.165, 1.54) is 26.2 Å². The fraction of sp³-hybridized carbons (Fsp3) is 0.0377. The fourth-order valence-corrected chi connectivity index (χ4v) is 9.61. The molecule has 0 spiro atoms. The van der Waals surface area contributed by atoms with Crippen molar-refractivity contribution in [3.05, 3.63) is 193 Å². The Hall–Kier alpha value is -7.42. The predicted octanol–water partition coefficient (Wildman–Crippen LogP) is 15.0.